The van der Waals surface area contributed by atoms with E-state index in [2.05, 4.69) is 22.3 Å². The predicted octanol–water partition coefficient (Wildman–Crippen LogP) is 3.35. The van der Waals surface area contributed by atoms with Gasteiger partial charge in [0.05, 0.1) is 16.5 Å². The maximum atomic E-state index is 13.1. The van der Waals surface area contributed by atoms with Crippen LogP contribution in [0, 0.1) is 6.92 Å². The first-order chi connectivity index (χ1) is 14.9. The number of anilines is 1. The Morgan fingerprint density at radius 1 is 1.26 bits per heavy atom. The molecule has 0 aliphatic heterocycles. The van der Waals surface area contributed by atoms with Crippen molar-refractivity contribution < 1.29 is 9.59 Å². The number of nitrogens with zero attached hydrogens (tertiary/aromatic N) is 2. The van der Waals surface area contributed by atoms with E-state index < -0.39 is 11.3 Å². The summed E-state index contributed by atoms with van der Waals surface area (Å²) in [6, 6.07) is 5.47. The van der Waals surface area contributed by atoms with Crippen molar-refractivity contribution in [1.29, 1.82) is 0 Å². The molecule has 3 aromatic rings. The van der Waals surface area contributed by atoms with Gasteiger partial charge in [-0.1, -0.05) is 17.7 Å². The molecule has 0 bridgehead atoms. The van der Waals surface area contributed by atoms with Gasteiger partial charge in [0, 0.05) is 18.5 Å². The summed E-state index contributed by atoms with van der Waals surface area (Å²) in [5, 5.41) is 10.7. The van der Waals surface area contributed by atoms with Crippen LogP contribution in [-0.4, -0.2) is 28.1 Å². The van der Waals surface area contributed by atoms with Crippen LogP contribution in [0.25, 0.3) is 10.9 Å². The zero-order chi connectivity index (χ0) is 22.1. The SMILES string of the molecule is C=CCNC(=O)c1c(NC(=O)c2nn(C)c3ccc(C)cc3c2=O)sc2c1CCCC2. The summed E-state index contributed by atoms with van der Waals surface area (Å²) in [5.41, 5.74) is 2.45. The van der Waals surface area contributed by atoms with E-state index in [1.807, 2.05) is 19.1 Å². The highest BCUT2D eigenvalue weighted by Gasteiger charge is 2.27. The van der Waals surface area contributed by atoms with Crippen LogP contribution >= 0.6 is 11.3 Å². The second-order valence-electron chi connectivity index (χ2n) is 7.69. The third-order valence-corrected chi connectivity index (χ3v) is 6.67. The highest BCUT2D eigenvalue weighted by Crippen LogP contribution is 2.38. The van der Waals surface area contributed by atoms with Crippen molar-refractivity contribution in [1.82, 2.24) is 15.1 Å². The number of carbonyl (C=O) groups excluding carboxylic acids is 2. The maximum absolute atomic E-state index is 13.1. The summed E-state index contributed by atoms with van der Waals surface area (Å²) in [6.45, 7) is 5.86. The van der Waals surface area contributed by atoms with Gasteiger partial charge in [-0.3, -0.25) is 19.1 Å². The Morgan fingerprint density at radius 2 is 2.03 bits per heavy atom. The number of thiophene rings is 1. The smallest absolute Gasteiger partial charge is 0.280 e. The Morgan fingerprint density at radius 3 is 2.81 bits per heavy atom. The van der Waals surface area contributed by atoms with E-state index in [0.717, 1.165) is 41.7 Å². The monoisotopic (exact) mass is 436 g/mol. The van der Waals surface area contributed by atoms with Gasteiger partial charge in [-0.15, -0.1) is 17.9 Å². The van der Waals surface area contributed by atoms with E-state index in [9.17, 15) is 14.4 Å². The third kappa shape index (κ3) is 3.90. The summed E-state index contributed by atoms with van der Waals surface area (Å²) < 4.78 is 1.53. The maximum Gasteiger partial charge on any atom is 0.280 e. The minimum atomic E-state index is -0.611. The van der Waals surface area contributed by atoms with Crippen molar-refractivity contribution in [2.24, 2.45) is 7.05 Å². The van der Waals surface area contributed by atoms with E-state index in [0.29, 0.717) is 28.0 Å². The molecule has 1 aliphatic carbocycles. The largest absolute Gasteiger partial charge is 0.348 e. The number of aryl methyl sites for hydroxylation is 3. The summed E-state index contributed by atoms with van der Waals surface area (Å²) in [5.74, 6) is -0.857. The number of carbonyl (C=O) groups is 2. The predicted molar refractivity (Wildman–Crippen MR) is 123 cm³/mol. The molecule has 0 saturated heterocycles. The van der Waals surface area contributed by atoms with Crippen molar-refractivity contribution in [2.45, 2.75) is 32.6 Å². The second kappa shape index (κ2) is 8.47. The van der Waals surface area contributed by atoms with E-state index >= 15 is 0 Å². The molecular weight excluding hydrogens is 412 g/mol. The van der Waals surface area contributed by atoms with Gasteiger partial charge in [0.1, 0.15) is 5.00 Å². The zero-order valence-corrected chi connectivity index (χ0v) is 18.4. The van der Waals surface area contributed by atoms with Gasteiger partial charge in [0.2, 0.25) is 5.43 Å². The number of rotatable bonds is 5. The average Bonchev–Trinajstić information content (AvgIpc) is 3.12. The lowest BCUT2D eigenvalue weighted by Gasteiger charge is -2.13. The fourth-order valence-electron chi connectivity index (χ4n) is 3.95. The summed E-state index contributed by atoms with van der Waals surface area (Å²) in [7, 11) is 1.70. The number of aromatic nitrogens is 2. The van der Waals surface area contributed by atoms with Gasteiger partial charge in [-0.2, -0.15) is 5.10 Å². The molecule has 2 N–H and O–H groups in total. The van der Waals surface area contributed by atoms with Crippen LogP contribution in [0.5, 0.6) is 0 Å². The molecule has 1 aromatic carbocycles. The Balaban J connectivity index is 1.75. The minimum absolute atomic E-state index is 0.190. The molecule has 0 spiro atoms. The van der Waals surface area contributed by atoms with Crippen LogP contribution in [0.2, 0.25) is 0 Å². The van der Waals surface area contributed by atoms with Crippen molar-refractivity contribution in [3.63, 3.8) is 0 Å². The summed E-state index contributed by atoms with van der Waals surface area (Å²) in [6.07, 6.45) is 5.35. The second-order valence-corrected chi connectivity index (χ2v) is 8.79. The average molecular weight is 437 g/mol. The first-order valence-electron chi connectivity index (χ1n) is 10.2. The minimum Gasteiger partial charge on any atom is -0.348 e. The normalized spacial score (nSPS) is 13.0. The number of benzene rings is 1. The molecule has 2 amide bonds. The Kier molecular flexibility index (Phi) is 5.73. The number of fused-ring (bicyclic) bond motifs is 2. The van der Waals surface area contributed by atoms with E-state index in [1.54, 1.807) is 19.2 Å². The lowest BCUT2D eigenvalue weighted by Crippen LogP contribution is -2.28. The lowest BCUT2D eigenvalue weighted by atomic mass is 9.95. The van der Waals surface area contributed by atoms with Gasteiger partial charge in [0.25, 0.3) is 11.8 Å². The van der Waals surface area contributed by atoms with Crippen LogP contribution in [0.1, 0.15) is 49.7 Å². The van der Waals surface area contributed by atoms with Crippen molar-refractivity contribution in [3.8, 4) is 0 Å². The molecule has 0 radical (unpaired) electrons. The first kappa shape index (κ1) is 21.0. The first-order valence-corrected chi connectivity index (χ1v) is 11.0. The van der Waals surface area contributed by atoms with Crippen molar-refractivity contribution >= 4 is 39.1 Å². The summed E-state index contributed by atoms with van der Waals surface area (Å²) >= 11 is 1.41. The zero-order valence-electron chi connectivity index (χ0n) is 17.6. The van der Waals surface area contributed by atoms with Crippen LogP contribution in [-0.2, 0) is 19.9 Å². The van der Waals surface area contributed by atoms with E-state index in [4.69, 9.17) is 0 Å². The quantitative estimate of drug-likeness (QED) is 0.600. The Bertz CT molecular complexity index is 1270. The molecule has 31 heavy (non-hydrogen) atoms. The van der Waals surface area contributed by atoms with Crippen LogP contribution in [0.4, 0.5) is 5.00 Å². The third-order valence-electron chi connectivity index (χ3n) is 5.46. The number of hydrogen-bond donors (Lipinski definition) is 2. The molecule has 0 saturated carbocycles. The standard InChI is InChI=1S/C23H24N4O3S/c1-4-11-24-21(29)18-14-7-5-6-8-17(14)31-23(18)25-22(30)19-20(28)15-12-13(2)9-10-16(15)27(3)26-19/h4,9-10,12H,1,5-8,11H2,2-3H3,(H,24,29)(H,25,30). The van der Waals surface area contributed by atoms with Gasteiger partial charge >= 0.3 is 0 Å². The Labute approximate surface area is 183 Å². The molecule has 1 aliphatic rings. The molecular formula is C23H24N4O3S. The van der Waals surface area contributed by atoms with Crippen LogP contribution in [0.3, 0.4) is 0 Å². The number of amides is 2. The molecule has 7 nitrogen and oxygen atoms in total. The van der Waals surface area contributed by atoms with Gasteiger partial charge in [-0.25, -0.2) is 0 Å². The molecule has 0 unspecified atom stereocenters. The number of hydrogen-bond acceptors (Lipinski definition) is 5. The molecule has 2 aromatic heterocycles. The van der Waals surface area contributed by atoms with Gasteiger partial charge < -0.3 is 10.6 Å². The highest BCUT2D eigenvalue weighted by atomic mass is 32.1. The van der Waals surface area contributed by atoms with Gasteiger partial charge in [0.15, 0.2) is 5.69 Å². The topological polar surface area (TPSA) is 93.1 Å². The molecule has 0 fully saturated rings. The van der Waals surface area contributed by atoms with Gasteiger partial charge in [-0.05, 0) is 50.3 Å². The van der Waals surface area contributed by atoms with E-state index in [1.165, 1.54) is 16.0 Å². The fraction of sp³-hybridized carbons (Fsp3) is 0.304. The Hall–Kier alpha value is -3.26. The molecule has 2 heterocycles. The lowest BCUT2D eigenvalue weighted by molar-refractivity contribution is 0.0958. The number of nitrogens with one attached hydrogen (secondary N) is 2. The van der Waals surface area contributed by atoms with Crippen molar-refractivity contribution in [3.05, 3.63) is 68.3 Å². The molecule has 0 atom stereocenters. The highest BCUT2D eigenvalue weighted by molar-refractivity contribution is 7.17. The fourth-order valence-corrected chi connectivity index (χ4v) is 5.23. The molecule has 160 valence electrons. The molecule has 4 rings (SSSR count). The van der Waals surface area contributed by atoms with E-state index in [-0.39, 0.29) is 11.6 Å². The van der Waals surface area contributed by atoms with Crippen LogP contribution < -0.4 is 16.1 Å². The van der Waals surface area contributed by atoms with Crippen LogP contribution in [0.15, 0.2) is 35.6 Å². The molecule has 8 heteroatoms. The van der Waals surface area contributed by atoms with Crippen molar-refractivity contribution in [2.75, 3.05) is 11.9 Å². The summed E-state index contributed by atoms with van der Waals surface area (Å²) in [4.78, 5) is 40.0.